The summed E-state index contributed by atoms with van der Waals surface area (Å²) in [6.07, 6.45) is 0. The second-order valence-corrected chi connectivity index (χ2v) is 3.27. The molecule has 0 saturated carbocycles. The van der Waals surface area contributed by atoms with Crippen LogP contribution in [0.5, 0.6) is 0 Å². The quantitative estimate of drug-likeness (QED) is 0.279. The van der Waals surface area contributed by atoms with Crippen LogP contribution < -0.4 is 5.73 Å². The van der Waals surface area contributed by atoms with E-state index in [1.165, 1.54) is 12.1 Å². The van der Waals surface area contributed by atoms with Crippen LogP contribution in [0.1, 0.15) is 10.4 Å². The monoisotopic (exact) mass is 257 g/mol. The van der Waals surface area contributed by atoms with E-state index in [9.17, 15) is 14.9 Å². The molecule has 0 aromatic heterocycles. The Kier molecular flexibility index (Phi) is 4.00. The first-order valence-corrected chi connectivity index (χ1v) is 4.90. The van der Waals surface area contributed by atoms with Gasteiger partial charge in [-0.05, 0) is 12.1 Å². The molecule has 0 radical (unpaired) electrons. The third kappa shape index (κ3) is 3.15. The molecule has 0 unspecified atom stereocenters. The average molecular weight is 258 g/mol. The van der Waals surface area contributed by atoms with E-state index in [0.717, 1.165) is 6.07 Å². The van der Waals surface area contributed by atoms with E-state index in [4.69, 9.17) is 22.4 Å². The van der Waals surface area contributed by atoms with Crippen LogP contribution in [0.25, 0.3) is 0 Å². The molecular formula is C9H8ClN3O4. The minimum absolute atomic E-state index is 0.0119. The number of nitrogens with two attached hydrogens (primary N) is 1. The molecule has 0 aliphatic rings. The molecule has 7 nitrogen and oxygen atoms in total. The topological polar surface area (TPSA) is 119 Å². The van der Waals surface area contributed by atoms with Gasteiger partial charge < -0.3 is 10.8 Å². The molecule has 1 aromatic carbocycles. The van der Waals surface area contributed by atoms with E-state index in [1.54, 1.807) is 0 Å². The molecule has 0 atom stereocenters. The summed E-state index contributed by atoms with van der Waals surface area (Å²) in [7, 11) is 0. The van der Waals surface area contributed by atoms with Gasteiger partial charge in [0, 0.05) is 6.07 Å². The molecule has 1 aromatic rings. The number of aromatic carboxylic acids is 1. The van der Waals surface area contributed by atoms with Gasteiger partial charge in [-0.2, -0.15) is 0 Å². The van der Waals surface area contributed by atoms with Crippen LogP contribution in [-0.2, 0) is 0 Å². The second-order valence-electron chi connectivity index (χ2n) is 3.00. The number of carbonyl (C=O) groups is 1. The fraction of sp³-hybridized carbons (Fsp3) is 0.111. The van der Waals surface area contributed by atoms with Crippen LogP contribution >= 0.6 is 11.6 Å². The van der Waals surface area contributed by atoms with Gasteiger partial charge in [-0.3, -0.25) is 10.1 Å². The minimum atomic E-state index is -1.26. The zero-order valence-corrected chi connectivity index (χ0v) is 9.22. The summed E-state index contributed by atoms with van der Waals surface area (Å²) in [5, 5.41) is 19.4. The Morgan fingerprint density at radius 1 is 1.59 bits per heavy atom. The maximum absolute atomic E-state index is 10.7. The van der Waals surface area contributed by atoms with Crippen molar-refractivity contribution in [2.45, 2.75) is 0 Å². The van der Waals surface area contributed by atoms with Crippen molar-refractivity contribution in [3.63, 3.8) is 0 Å². The predicted molar refractivity (Wildman–Crippen MR) is 62.1 cm³/mol. The number of nitrogens with zero attached hydrogens (tertiary/aromatic N) is 2. The van der Waals surface area contributed by atoms with Crippen molar-refractivity contribution in [3.8, 4) is 0 Å². The maximum atomic E-state index is 10.7. The Morgan fingerprint density at radius 3 is 2.71 bits per heavy atom. The van der Waals surface area contributed by atoms with Crippen molar-refractivity contribution < 1.29 is 14.8 Å². The Hall–Kier alpha value is -2.15. The number of rotatable bonds is 4. The van der Waals surface area contributed by atoms with E-state index in [2.05, 4.69) is 4.99 Å². The van der Waals surface area contributed by atoms with Gasteiger partial charge in [0.1, 0.15) is 11.5 Å². The summed E-state index contributed by atoms with van der Waals surface area (Å²) >= 11 is 5.40. The van der Waals surface area contributed by atoms with Gasteiger partial charge in [-0.15, -0.1) is 11.6 Å². The summed E-state index contributed by atoms with van der Waals surface area (Å²) in [4.78, 5) is 24.4. The molecular weight excluding hydrogens is 250 g/mol. The van der Waals surface area contributed by atoms with Crippen LogP contribution in [0.2, 0.25) is 0 Å². The molecule has 0 spiro atoms. The lowest BCUT2D eigenvalue weighted by atomic mass is 10.2. The molecule has 0 heterocycles. The third-order valence-electron chi connectivity index (χ3n) is 1.82. The van der Waals surface area contributed by atoms with Crippen LogP contribution in [0, 0.1) is 10.1 Å². The first-order valence-electron chi connectivity index (χ1n) is 4.36. The molecule has 0 saturated heterocycles. The number of nitro groups is 1. The van der Waals surface area contributed by atoms with Gasteiger partial charge in [0.25, 0.3) is 5.69 Å². The Bertz CT molecular complexity index is 501. The number of carboxylic acids is 1. The summed E-state index contributed by atoms with van der Waals surface area (Å²) < 4.78 is 0. The molecule has 17 heavy (non-hydrogen) atoms. The highest BCUT2D eigenvalue weighted by Gasteiger charge is 2.17. The lowest BCUT2D eigenvalue weighted by Gasteiger charge is -2.00. The molecule has 0 aliphatic heterocycles. The lowest BCUT2D eigenvalue weighted by molar-refractivity contribution is -0.384. The van der Waals surface area contributed by atoms with Crippen molar-refractivity contribution >= 4 is 34.8 Å². The number of alkyl halides is 1. The fourth-order valence-corrected chi connectivity index (χ4v) is 1.14. The van der Waals surface area contributed by atoms with E-state index in [1.807, 2.05) is 0 Å². The van der Waals surface area contributed by atoms with Crippen LogP contribution in [0.4, 0.5) is 11.4 Å². The molecule has 0 fully saturated rings. The molecule has 0 bridgehead atoms. The van der Waals surface area contributed by atoms with Gasteiger partial charge >= 0.3 is 5.97 Å². The van der Waals surface area contributed by atoms with Crippen LogP contribution in [0.15, 0.2) is 23.2 Å². The molecule has 90 valence electrons. The van der Waals surface area contributed by atoms with Gasteiger partial charge in [0.05, 0.1) is 16.4 Å². The number of benzene rings is 1. The highest BCUT2D eigenvalue weighted by Crippen LogP contribution is 2.28. The van der Waals surface area contributed by atoms with Crippen molar-refractivity contribution in [2.75, 3.05) is 5.88 Å². The average Bonchev–Trinajstić information content (AvgIpc) is 2.28. The Balaban J connectivity index is 3.32. The minimum Gasteiger partial charge on any atom is -0.478 e. The zero-order chi connectivity index (χ0) is 13.0. The predicted octanol–water partition coefficient (Wildman–Crippen LogP) is 1.52. The molecule has 1 rings (SSSR count). The van der Waals surface area contributed by atoms with E-state index in [0.29, 0.717) is 0 Å². The maximum Gasteiger partial charge on any atom is 0.335 e. The van der Waals surface area contributed by atoms with E-state index < -0.39 is 16.6 Å². The Morgan fingerprint density at radius 2 is 2.24 bits per heavy atom. The highest BCUT2D eigenvalue weighted by atomic mass is 35.5. The first kappa shape index (κ1) is 12.9. The van der Waals surface area contributed by atoms with Gasteiger partial charge in [0.15, 0.2) is 0 Å². The molecule has 0 amide bonds. The third-order valence-corrected chi connectivity index (χ3v) is 2.09. The molecule has 8 heteroatoms. The number of hydrogen-bond acceptors (Lipinski definition) is 4. The van der Waals surface area contributed by atoms with Crippen molar-refractivity contribution in [2.24, 2.45) is 10.7 Å². The normalized spacial score (nSPS) is 11.2. The largest absolute Gasteiger partial charge is 0.478 e. The van der Waals surface area contributed by atoms with Crippen molar-refractivity contribution in [1.29, 1.82) is 0 Å². The first-order chi connectivity index (χ1) is 7.95. The molecule has 0 aliphatic carbocycles. The number of amidine groups is 1. The summed E-state index contributed by atoms with van der Waals surface area (Å²) in [5.41, 5.74) is 4.69. The summed E-state index contributed by atoms with van der Waals surface area (Å²) in [6.45, 7) is 0. The fourth-order valence-electron chi connectivity index (χ4n) is 1.08. The number of carboxylic acid groups (broad SMARTS) is 1. The van der Waals surface area contributed by atoms with E-state index >= 15 is 0 Å². The van der Waals surface area contributed by atoms with Crippen LogP contribution in [-0.4, -0.2) is 27.7 Å². The SMILES string of the molecule is NC(CCl)=Nc1ccc(C(=O)O)cc1[N+](=O)[O-]. The number of aliphatic imine (C=N–C) groups is 1. The van der Waals surface area contributed by atoms with Crippen LogP contribution in [0.3, 0.4) is 0 Å². The van der Waals surface area contributed by atoms with Crippen molar-refractivity contribution in [1.82, 2.24) is 0 Å². The van der Waals surface area contributed by atoms with E-state index in [-0.39, 0.29) is 23.0 Å². The zero-order valence-electron chi connectivity index (χ0n) is 8.46. The van der Waals surface area contributed by atoms with Gasteiger partial charge in [0.2, 0.25) is 0 Å². The van der Waals surface area contributed by atoms with Crippen molar-refractivity contribution in [3.05, 3.63) is 33.9 Å². The summed E-state index contributed by atoms with van der Waals surface area (Å²) in [5.74, 6) is -1.32. The smallest absolute Gasteiger partial charge is 0.335 e. The van der Waals surface area contributed by atoms with Gasteiger partial charge in [-0.1, -0.05) is 0 Å². The highest BCUT2D eigenvalue weighted by molar-refractivity contribution is 6.28. The lowest BCUT2D eigenvalue weighted by Crippen LogP contribution is -2.12. The van der Waals surface area contributed by atoms with Gasteiger partial charge in [-0.25, -0.2) is 9.79 Å². The standard InChI is InChI=1S/C9H8ClN3O4/c10-4-8(11)12-6-2-1-5(9(14)15)3-7(6)13(16)17/h1-3H,4H2,(H2,11,12)(H,14,15). The number of halogens is 1. The number of nitro benzene ring substituents is 1. The second kappa shape index (κ2) is 5.26. The Labute approximate surface area is 101 Å². The summed E-state index contributed by atoms with van der Waals surface area (Å²) in [6, 6.07) is 3.33. The molecule has 3 N–H and O–H groups in total. The number of hydrogen-bond donors (Lipinski definition) is 2.